The van der Waals surface area contributed by atoms with Crippen LogP contribution in [0.15, 0.2) is 17.2 Å². The van der Waals surface area contributed by atoms with E-state index in [4.69, 9.17) is 5.73 Å². The van der Waals surface area contributed by atoms with E-state index in [0.29, 0.717) is 11.6 Å². The molecule has 21 heavy (non-hydrogen) atoms. The van der Waals surface area contributed by atoms with E-state index < -0.39 is 0 Å². The minimum Gasteiger partial charge on any atom is -0.354 e. The van der Waals surface area contributed by atoms with Crippen LogP contribution in [0.4, 0.5) is 5.82 Å². The smallest absolute Gasteiger partial charge is 0.348 e. The highest BCUT2D eigenvalue weighted by Crippen LogP contribution is 2.14. The molecule has 3 heterocycles. The highest BCUT2D eigenvalue weighted by atomic mass is 16.1. The van der Waals surface area contributed by atoms with Gasteiger partial charge in [-0.25, -0.2) is 19.3 Å². The first kappa shape index (κ1) is 14.0. The molecule has 0 aliphatic carbocycles. The Labute approximate surface area is 122 Å². The van der Waals surface area contributed by atoms with Gasteiger partial charge in [-0.15, -0.1) is 0 Å². The fraction of sp³-hybridized carbons (Fsp3) is 0.615. The number of piperazine rings is 1. The molecule has 0 amide bonds. The molecule has 0 spiro atoms. The highest BCUT2D eigenvalue weighted by Gasteiger charge is 2.19. The first-order valence-electron chi connectivity index (χ1n) is 7.27. The maximum atomic E-state index is 11.4. The van der Waals surface area contributed by atoms with Gasteiger partial charge in [0.25, 0.3) is 0 Å². The Kier molecular flexibility index (Phi) is 3.89. The van der Waals surface area contributed by atoms with Crippen LogP contribution in [-0.4, -0.2) is 63.8 Å². The Morgan fingerprint density at radius 2 is 2.14 bits per heavy atom. The zero-order chi connectivity index (χ0) is 14.8. The fourth-order valence-electron chi connectivity index (χ4n) is 2.65. The van der Waals surface area contributed by atoms with Gasteiger partial charge in [-0.2, -0.15) is 5.10 Å². The molecule has 0 radical (unpaired) electrons. The largest absolute Gasteiger partial charge is 0.354 e. The van der Waals surface area contributed by atoms with Crippen molar-refractivity contribution in [1.82, 2.24) is 24.5 Å². The number of nitrogens with two attached hydrogens (primary N) is 1. The first-order chi connectivity index (χ1) is 10.2. The number of hydrogen-bond acceptors (Lipinski definition) is 6. The number of anilines is 1. The van der Waals surface area contributed by atoms with Gasteiger partial charge in [0.1, 0.15) is 12.1 Å². The zero-order valence-corrected chi connectivity index (χ0v) is 12.2. The van der Waals surface area contributed by atoms with Gasteiger partial charge in [-0.1, -0.05) is 6.92 Å². The van der Waals surface area contributed by atoms with Crippen LogP contribution >= 0.6 is 0 Å². The number of nitrogens with zero attached hydrogens (tertiary/aromatic N) is 5. The Balaban J connectivity index is 1.66. The molecular formula is C13H21N7O. The number of aromatic amines is 1. The summed E-state index contributed by atoms with van der Waals surface area (Å²) in [7, 11) is 0. The van der Waals surface area contributed by atoms with E-state index in [9.17, 15) is 4.79 Å². The van der Waals surface area contributed by atoms with Crippen LogP contribution in [0.5, 0.6) is 0 Å². The van der Waals surface area contributed by atoms with Gasteiger partial charge in [0, 0.05) is 38.8 Å². The van der Waals surface area contributed by atoms with Crippen LogP contribution < -0.4 is 16.3 Å². The SMILES string of the molecule is CC(CN)CN1CCN(c2cc3n[nH]c(=O)n3cn2)CC1. The molecule has 1 atom stereocenters. The second kappa shape index (κ2) is 5.82. The predicted octanol–water partition coefficient (Wildman–Crippen LogP) is -0.866. The number of fused-ring (bicyclic) bond motifs is 1. The first-order valence-corrected chi connectivity index (χ1v) is 7.27. The third kappa shape index (κ3) is 2.91. The lowest BCUT2D eigenvalue weighted by Crippen LogP contribution is -2.48. The Morgan fingerprint density at radius 1 is 1.38 bits per heavy atom. The molecule has 3 N–H and O–H groups in total. The summed E-state index contributed by atoms with van der Waals surface area (Å²) in [6, 6.07) is 1.84. The number of aromatic nitrogens is 4. The van der Waals surface area contributed by atoms with Gasteiger partial charge in [-0.3, -0.25) is 4.90 Å². The summed E-state index contributed by atoms with van der Waals surface area (Å²) in [5, 5.41) is 6.39. The van der Waals surface area contributed by atoms with Crippen molar-refractivity contribution in [2.24, 2.45) is 11.7 Å². The summed E-state index contributed by atoms with van der Waals surface area (Å²) in [4.78, 5) is 20.4. The van der Waals surface area contributed by atoms with E-state index in [-0.39, 0.29) is 5.69 Å². The molecule has 2 aromatic heterocycles. The van der Waals surface area contributed by atoms with E-state index in [1.54, 1.807) is 0 Å². The monoisotopic (exact) mass is 291 g/mol. The average molecular weight is 291 g/mol. The molecule has 1 saturated heterocycles. The summed E-state index contributed by atoms with van der Waals surface area (Å²) < 4.78 is 1.41. The van der Waals surface area contributed by atoms with Crippen LogP contribution in [0.2, 0.25) is 0 Å². The molecular weight excluding hydrogens is 270 g/mol. The Bertz CT molecular complexity index is 656. The highest BCUT2D eigenvalue weighted by molar-refractivity contribution is 5.50. The van der Waals surface area contributed by atoms with Crippen molar-refractivity contribution in [3.63, 3.8) is 0 Å². The summed E-state index contributed by atoms with van der Waals surface area (Å²) in [5.41, 5.74) is 6.02. The lowest BCUT2D eigenvalue weighted by molar-refractivity contribution is 0.227. The van der Waals surface area contributed by atoms with E-state index in [1.165, 1.54) is 10.7 Å². The summed E-state index contributed by atoms with van der Waals surface area (Å²) in [6.07, 6.45) is 1.53. The van der Waals surface area contributed by atoms with Crippen LogP contribution in [0.1, 0.15) is 6.92 Å². The second-order valence-corrected chi connectivity index (χ2v) is 5.63. The molecule has 1 fully saturated rings. The molecule has 0 bridgehead atoms. The van der Waals surface area contributed by atoms with Gasteiger partial charge in [0.05, 0.1) is 0 Å². The lowest BCUT2D eigenvalue weighted by atomic mass is 10.1. The van der Waals surface area contributed by atoms with Crippen LogP contribution in [0, 0.1) is 5.92 Å². The Hall–Kier alpha value is -1.93. The molecule has 0 aromatic carbocycles. The van der Waals surface area contributed by atoms with Gasteiger partial charge < -0.3 is 10.6 Å². The number of H-pyrrole nitrogens is 1. The number of hydrogen-bond donors (Lipinski definition) is 2. The molecule has 1 aliphatic rings. The van der Waals surface area contributed by atoms with Crippen LogP contribution in [0.25, 0.3) is 5.65 Å². The normalized spacial score (nSPS) is 18.3. The van der Waals surface area contributed by atoms with Crippen molar-refractivity contribution >= 4 is 11.5 Å². The van der Waals surface area contributed by atoms with E-state index in [0.717, 1.165) is 45.1 Å². The average Bonchev–Trinajstić information content (AvgIpc) is 2.89. The van der Waals surface area contributed by atoms with Crippen molar-refractivity contribution in [3.8, 4) is 0 Å². The number of nitrogens with one attached hydrogen (secondary N) is 1. The maximum Gasteiger partial charge on any atom is 0.348 e. The molecule has 1 aliphatic heterocycles. The minimum absolute atomic E-state index is 0.260. The maximum absolute atomic E-state index is 11.4. The van der Waals surface area contributed by atoms with Gasteiger partial charge >= 0.3 is 5.69 Å². The van der Waals surface area contributed by atoms with E-state index in [2.05, 4.69) is 31.9 Å². The zero-order valence-electron chi connectivity index (χ0n) is 12.2. The van der Waals surface area contributed by atoms with Crippen molar-refractivity contribution in [2.75, 3.05) is 44.2 Å². The van der Waals surface area contributed by atoms with Crippen molar-refractivity contribution in [1.29, 1.82) is 0 Å². The Morgan fingerprint density at radius 3 is 2.86 bits per heavy atom. The third-order valence-corrected chi connectivity index (χ3v) is 3.96. The van der Waals surface area contributed by atoms with Crippen LogP contribution in [-0.2, 0) is 0 Å². The summed E-state index contributed by atoms with van der Waals surface area (Å²) >= 11 is 0. The molecule has 8 nitrogen and oxygen atoms in total. The predicted molar refractivity (Wildman–Crippen MR) is 80.5 cm³/mol. The summed E-state index contributed by atoms with van der Waals surface area (Å²) in [5.74, 6) is 1.40. The fourth-order valence-corrected chi connectivity index (χ4v) is 2.65. The molecule has 114 valence electrons. The topological polar surface area (TPSA) is 95.5 Å². The van der Waals surface area contributed by atoms with Crippen molar-refractivity contribution in [2.45, 2.75) is 6.92 Å². The molecule has 2 aromatic rings. The number of rotatable bonds is 4. The van der Waals surface area contributed by atoms with Crippen LogP contribution in [0.3, 0.4) is 0 Å². The van der Waals surface area contributed by atoms with Crippen molar-refractivity contribution < 1.29 is 0 Å². The quantitative estimate of drug-likeness (QED) is 0.760. The van der Waals surface area contributed by atoms with E-state index in [1.807, 2.05) is 6.07 Å². The summed E-state index contributed by atoms with van der Waals surface area (Å²) in [6.45, 7) is 7.81. The van der Waals surface area contributed by atoms with Gasteiger partial charge in [0.15, 0.2) is 5.65 Å². The van der Waals surface area contributed by atoms with Gasteiger partial charge in [-0.05, 0) is 12.5 Å². The minimum atomic E-state index is -0.260. The standard InChI is InChI=1S/C13H21N7O/c1-10(7-14)8-18-2-4-19(5-3-18)11-6-12-16-17-13(21)20(12)9-15-11/h6,9-10H,2-5,7-8,14H2,1H3,(H,17,21). The molecule has 0 saturated carbocycles. The van der Waals surface area contributed by atoms with Crippen molar-refractivity contribution in [3.05, 3.63) is 22.9 Å². The molecule has 8 heteroatoms. The molecule has 1 unspecified atom stereocenters. The molecule has 3 rings (SSSR count). The van der Waals surface area contributed by atoms with Gasteiger partial charge in [0.2, 0.25) is 0 Å². The van der Waals surface area contributed by atoms with E-state index >= 15 is 0 Å². The lowest BCUT2D eigenvalue weighted by Gasteiger charge is -2.36. The third-order valence-electron chi connectivity index (χ3n) is 3.96. The second-order valence-electron chi connectivity index (χ2n) is 5.63.